The van der Waals surface area contributed by atoms with Gasteiger partial charge in [-0.15, -0.1) is 0 Å². The van der Waals surface area contributed by atoms with Crippen molar-refractivity contribution in [1.82, 2.24) is 0 Å². The van der Waals surface area contributed by atoms with Gasteiger partial charge in [-0.3, -0.25) is 0 Å². The van der Waals surface area contributed by atoms with Crippen molar-refractivity contribution in [3.63, 3.8) is 0 Å². The zero-order valence-electron chi connectivity index (χ0n) is 13.0. The maximum atomic E-state index is 6.06. The highest BCUT2D eigenvalue weighted by atomic mass is 16.5. The molecule has 1 aliphatic carbocycles. The van der Waals surface area contributed by atoms with Crippen molar-refractivity contribution in [1.29, 1.82) is 0 Å². The minimum absolute atomic E-state index is 0.578. The predicted molar refractivity (Wildman–Crippen MR) is 81.9 cm³/mol. The van der Waals surface area contributed by atoms with Crippen LogP contribution < -0.4 is 0 Å². The van der Waals surface area contributed by atoms with E-state index in [0.29, 0.717) is 12.2 Å². The molecular formula is C18H32O2. The van der Waals surface area contributed by atoms with Gasteiger partial charge in [0.25, 0.3) is 0 Å². The zero-order valence-corrected chi connectivity index (χ0v) is 13.0. The molecule has 0 aromatic heterocycles. The molecule has 0 spiro atoms. The predicted octanol–water partition coefficient (Wildman–Crippen LogP) is 4.71. The van der Waals surface area contributed by atoms with Crippen molar-refractivity contribution >= 4 is 0 Å². The van der Waals surface area contributed by atoms with Crippen LogP contribution in [0.2, 0.25) is 0 Å². The molecule has 0 radical (unpaired) electrons. The molecule has 2 heteroatoms. The fraction of sp³-hybridized carbons (Fsp3) is 1.00. The summed E-state index contributed by atoms with van der Waals surface area (Å²) >= 11 is 0. The highest BCUT2D eigenvalue weighted by molar-refractivity contribution is 4.81. The van der Waals surface area contributed by atoms with Crippen molar-refractivity contribution < 1.29 is 9.47 Å². The topological polar surface area (TPSA) is 18.5 Å². The van der Waals surface area contributed by atoms with E-state index in [1.54, 1.807) is 0 Å². The van der Waals surface area contributed by atoms with Crippen molar-refractivity contribution in [3.8, 4) is 0 Å². The van der Waals surface area contributed by atoms with Gasteiger partial charge in [0.1, 0.15) is 0 Å². The summed E-state index contributed by atoms with van der Waals surface area (Å²) in [6.45, 7) is 2.02. The average molecular weight is 280 g/mol. The summed E-state index contributed by atoms with van der Waals surface area (Å²) in [5.74, 6) is 1.67. The van der Waals surface area contributed by atoms with E-state index in [4.69, 9.17) is 9.47 Å². The van der Waals surface area contributed by atoms with Gasteiger partial charge in [0.05, 0.1) is 12.2 Å². The summed E-state index contributed by atoms with van der Waals surface area (Å²) in [4.78, 5) is 0. The third kappa shape index (κ3) is 3.98. The SMILES string of the molecule is C1CCC(C2CCCCC(C3CCCCO3)CC2)OC1. The molecule has 20 heavy (non-hydrogen) atoms. The van der Waals surface area contributed by atoms with Gasteiger partial charge < -0.3 is 9.47 Å². The lowest BCUT2D eigenvalue weighted by Gasteiger charge is -2.36. The van der Waals surface area contributed by atoms with Crippen LogP contribution in [0.5, 0.6) is 0 Å². The summed E-state index contributed by atoms with van der Waals surface area (Å²) in [6, 6.07) is 0. The fourth-order valence-corrected chi connectivity index (χ4v) is 4.55. The van der Waals surface area contributed by atoms with Crippen molar-refractivity contribution in [2.45, 2.75) is 89.3 Å². The van der Waals surface area contributed by atoms with E-state index in [1.807, 2.05) is 0 Å². The molecule has 0 aromatic rings. The first-order valence-corrected chi connectivity index (χ1v) is 9.16. The van der Waals surface area contributed by atoms with Gasteiger partial charge in [-0.25, -0.2) is 0 Å². The Bertz CT molecular complexity index is 239. The second-order valence-electron chi connectivity index (χ2n) is 7.19. The first kappa shape index (κ1) is 14.8. The number of ether oxygens (including phenoxy) is 2. The van der Waals surface area contributed by atoms with Gasteiger partial charge >= 0.3 is 0 Å². The maximum Gasteiger partial charge on any atom is 0.0603 e. The molecule has 0 N–H and O–H groups in total. The van der Waals surface area contributed by atoms with Crippen molar-refractivity contribution in [2.75, 3.05) is 13.2 Å². The van der Waals surface area contributed by atoms with Crippen molar-refractivity contribution in [2.24, 2.45) is 11.8 Å². The van der Waals surface area contributed by atoms with Crippen LogP contribution in [-0.4, -0.2) is 25.4 Å². The summed E-state index contributed by atoms with van der Waals surface area (Å²) in [5, 5.41) is 0. The lowest BCUT2D eigenvalue weighted by molar-refractivity contribution is -0.0466. The Kier molecular flexibility index (Phi) is 5.78. The quantitative estimate of drug-likeness (QED) is 0.729. The first-order chi connectivity index (χ1) is 9.93. The van der Waals surface area contributed by atoms with Gasteiger partial charge in [-0.05, 0) is 76.0 Å². The Labute approximate surface area is 124 Å². The lowest BCUT2D eigenvalue weighted by atomic mass is 9.78. The van der Waals surface area contributed by atoms with Crippen LogP contribution in [-0.2, 0) is 9.47 Å². The molecule has 3 aliphatic rings. The van der Waals surface area contributed by atoms with Crippen LogP contribution in [0.25, 0.3) is 0 Å². The second kappa shape index (κ2) is 7.79. The Balaban J connectivity index is 1.52. The van der Waals surface area contributed by atoms with Crippen molar-refractivity contribution in [3.05, 3.63) is 0 Å². The van der Waals surface area contributed by atoms with Gasteiger partial charge in [0.2, 0.25) is 0 Å². The Hall–Kier alpha value is -0.0800. The lowest BCUT2D eigenvalue weighted by Crippen LogP contribution is -2.32. The molecule has 2 saturated heterocycles. The molecule has 2 nitrogen and oxygen atoms in total. The molecular weight excluding hydrogens is 248 g/mol. The smallest absolute Gasteiger partial charge is 0.0603 e. The normalized spacial score (nSPS) is 40.8. The standard InChI is InChI=1S/C18H32O2/c1-2-8-16(18-10-4-6-14-20-18)12-11-15(7-1)17-9-3-5-13-19-17/h15-18H,1-14H2. The van der Waals surface area contributed by atoms with E-state index >= 15 is 0 Å². The van der Waals surface area contributed by atoms with Gasteiger partial charge in [-0.2, -0.15) is 0 Å². The fourth-order valence-electron chi connectivity index (χ4n) is 4.55. The minimum Gasteiger partial charge on any atom is -0.378 e. The molecule has 4 unspecified atom stereocenters. The molecule has 116 valence electrons. The van der Waals surface area contributed by atoms with Gasteiger partial charge in [0.15, 0.2) is 0 Å². The summed E-state index contributed by atoms with van der Waals surface area (Å²) in [7, 11) is 0. The minimum atomic E-state index is 0.578. The van der Waals surface area contributed by atoms with Crippen LogP contribution in [0.15, 0.2) is 0 Å². The molecule has 0 bridgehead atoms. The summed E-state index contributed by atoms with van der Waals surface area (Å²) in [6.07, 6.45) is 17.5. The summed E-state index contributed by atoms with van der Waals surface area (Å²) in [5.41, 5.74) is 0. The third-order valence-corrected chi connectivity index (χ3v) is 5.79. The van der Waals surface area contributed by atoms with E-state index in [2.05, 4.69) is 0 Å². The molecule has 1 saturated carbocycles. The molecule has 2 heterocycles. The van der Waals surface area contributed by atoms with Crippen LogP contribution in [0, 0.1) is 11.8 Å². The molecule has 0 amide bonds. The number of rotatable bonds is 2. The Morgan fingerprint density at radius 1 is 0.450 bits per heavy atom. The first-order valence-electron chi connectivity index (χ1n) is 9.16. The maximum absolute atomic E-state index is 6.06. The number of hydrogen-bond donors (Lipinski definition) is 0. The van der Waals surface area contributed by atoms with E-state index < -0.39 is 0 Å². The van der Waals surface area contributed by atoms with E-state index in [9.17, 15) is 0 Å². The Morgan fingerprint density at radius 3 is 1.30 bits per heavy atom. The van der Waals surface area contributed by atoms with Crippen LogP contribution >= 0.6 is 0 Å². The van der Waals surface area contributed by atoms with E-state index in [0.717, 1.165) is 25.0 Å². The highest BCUT2D eigenvalue weighted by Crippen LogP contribution is 2.36. The highest BCUT2D eigenvalue weighted by Gasteiger charge is 2.30. The molecule has 4 atom stereocenters. The number of hydrogen-bond acceptors (Lipinski definition) is 2. The monoisotopic (exact) mass is 280 g/mol. The van der Waals surface area contributed by atoms with Crippen LogP contribution in [0.1, 0.15) is 77.0 Å². The van der Waals surface area contributed by atoms with Crippen LogP contribution in [0.3, 0.4) is 0 Å². The van der Waals surface area contributed by atoms with E-state index in [1.165, 1.54) is 77.0 Å². The largest absolute Gasteiger partial charge is 0.378 e. The van der Waals surface area contributed by atoms with Crippen LogP contribution in [0.4, 0.5) is 0 Å². The van der Waals surface area contributed by atoms with E-state index in [-0.39, 0.29) is 0 Å². The summed E-state index contributed by atoms with van der Waals surface area (Å²) < 4.78 is 12.1. The third-order valence-electron chi connectivity index (χ3n) is 5.79. The van der Waals surface area contributed by atoms with Gasteiger partial charge in [0, 0.05) is 13.2 Å². The molecule has 0 aromatic carbocycles. The second-order valence-corrected chi connectivity index (χ2v) is 7.19. The zero-order chi connectivity index (χ0) is 13.6. The molecule has 3 fully saturated rings. The van der Waals surface area contributed by atoms with Gasteiger partial charge in [-0.1, -0.05) is 12.8 Å². The molecule has 2 aliphatic heterocycles. The molecule has 3 rings (SSSR count). The average Bonchev–Trinajstić information content (AvgIpc) is 2.49. The Morgan fingerprint density at radius 2 is 0.900 bits per heavy atom.